The Kier molecular flexibility index (Phi) is 3.77. The monoisotopic (exact) mass is 236 g/mol. The molecule has 0 aromatic heterocycles. The van der Waals surface area contributed by atoms with E-state index in [1.54, 1.807) is 13.0 Å². The van der Waals surface area contributed by atoms with Gasteiger partial charge in [-0.05, 0) is 50.3 Å². The van der Waals surface area contributed by atoms with Crippen molar-refractivity contribution in [3.05, 3.63) is 35.1 Å². The fraction of sp³-hybridized carbons (Fsp3) is 0.500. The molecule has 3 heteroatoms. The molecule has 1 aliphatic rings. The lowest BCUT2D eigenvalue weighted by Crippen LogP contribution is -2.21. The molecule has 0 heterocycles. The highest BCUT2D eigenvalue weighted by molar-refractivity contribution is 5.89. The quantitative estimate of drug-likeness (QED) is 0.733. The second-order valence-electron chi connectivity index (χ2n) is 4.65. The fourth-order valence-corrected chi connectivity index (χ4v) is 2.18. The van der Waals surface area contributed by atoms with Gasteiger partial charge >= 0.3 is 5.97 Å². The smallest absolute Gasteiger partial charge is 0.341 e. The van der Waals surface area contributed by atoms with Crippen molar-refractivity contribution in [1.29, 1.82) is 0 Å². The summed E-state index contributed by atoms with van der Waals surface area (Å²) >= 11 is 0. The molecule has 0 radical (unpaired) electrons. The predicted octanol–water partition coefficient (Wildman–Crippen LogP) is 3.62. The van der Waals surface area contributed by atoms with Crippen molar-refractivity contribution in [3.8, 4) is 0 Å². The van der Waals surface area contributed by atoms with Crippen LogP contribution >= 0.6 is 0 Å². The van der Waals surface area contributed by atoms with Crippen LogP contribution < -0.4 is 0 Å². The van der Waals surface area contributed by atoms with Crippen molar-refractivity contribution in [3.63, 3.8) is 0 Å². The van der Waals surface area contributed by atoms with Crippen LogP contribution in [0.2, 0.25) is 0 Å². The third-order valence-corrected chi connectivity index (χ3v) is 3.17. The highest BCUT2D eigenvalue weighted by Crippen LogP contribution is 2.22. The molecule has 1 aromatic rings. The van der Waals surface area contributed by atoms with Crippen LogP contribution in [0.4, 0.5) is 4.39 Å². The lowest BCUT2D eigenvalue weighted by Gasteiger charge is -2.21. The lowest BCUT2D eigenvalue weighted by molar-refractivity contribution is 0.0206. The number of rotatable bonds is 2. The Labute approximate surface area is 101 Å². The minimum atomic E-state index is -0.533. The van der Waals surface area contributed by atoms with Crippen molar-refractivity contribution in [1.82, 2.24) is 0 Å². The maximum absolute atomic E-state index is 13.6. The van der Waals surface area contributed by atoms with Crippen LogP contribution in [0.1, 0.15) is 48.0 Å². The Morgan fingerprint density at radius 3 is 2.65 bits per heavy atom. The normalized spacial score (nSPS) is 16.8. The van der Waals surface area contributed by atoms with Gasteiger partial charge in [0.15, 0.2) is 0 Å². The molecule has 17 heavy (non-hydrogen) atoms. The number of hydrogen-bond donors (Lipinski definition) is 0. The molecule has 0 bridgehead atoms. The summed E-state index contributed by atoms with van der Waals surface area (Å²) < 4.78 is 18.9. The maximum Gasteiger partial charge on any atom is 0.341 e. The summed E-state index contributed by atoms with van der Waals surface area (Å²) in [7, 11) is 0. The van der Waals surface area contributed by atoms with Gasteiger partial charge < -0.3 is 4.74 Å². The molecular formula is C14H17FO2. The molecule has 2 nitrogen and oxygen atoms in total. The third kappa shape index (κ3) is 3.05. The molecule has 0 amide bonds. The molecule has 0 N–H and O–H groups in total. The topological polar surface area (TPSA) is 26.3 Å². The summed E-state index contributed by atoms with van der Waals surface area (Å²) in [6.45, 7) is 1.79. The number of benzene rings is 1. The molecule has 0 atom stereocenters. The van der Waals surface area contributed by atoms with Crippen LogP contribution in [0, 0.1) is 12.7 Å². The standard InChI is InChI=1S/C14H17FO2/c1-10-7-8-12(13(15)9-10)14(16)17-11-5-3-2-4-6-11/h7-9,11H,2-6H2,1H3. The number of carbonyl (C=O) groups is 1. The van der Waals surface area contributed by atoms with E-state index >= 15 is 0 Å². The summed E-state index contributed by atoms with van der Waals surface area (Å²) in [4.78, 5) is 11.8. The first-order valence-corrected chi connectivity index (χ1v) is 6.14. The van der Waals surface area contributed by atoms with E-state index in [1.807, 2.05) is 0 Å². The van der Waals surface area contributed by atoms with E-state index in [2.05, 4.69) is 0 Å². The minimum absolute atomic E-state index is 0.0306. The van der Waals surface area contributed by atoms with E-state index in [0.29, 0.717) is 0 Å². The highest BCUT2D eigenvalue weighted by atomic mass is 19.1. The summed E-state index contributed by atoms with van der Waals surface area (Å²) in [5.74, 6) is -1.03. The van der Waals surface area contributed by atoms with Crippen molar-refractivity contribution in [2.75, 3.05) is 0 Å². The number of carbonyl (C=O) groups excluding carboxylic acids is 1. The van der Waals surface area contributed by atoms with E-state index in [4.69, 9.17) is 4.74 Å². The minimum Gasteiger partial charge on any atom is -0.459 e. The number of esters is 1. The summed E-state index contributed by atoms with van der Waals surface area (Å²) in [6.07, 6.45) is 5.16. The molecule has 1 aliphatic carbocycles. The molecular weight excluding hydrogens is 219 g/mol. The molecule has 1 saturated carbocycles. The van der Waals surface area contributed by atoms with Crippen molar-refractivity contribution >= 4 is 5.97 Å². The zero-order valence-corrected chi connectivity index (χ0v) is 10.0. The van der Waals surface area contributed by atoms with Gasteiger partial charge in [0.2, 0.25) is 0 Å². The SMILES string of the molecule is Cc1ccc(C(=O)OC2CCCCC2)c(F)c1. The Balaban J connectivity index is 2.03. The van der Waals surface area contributed by atoms with Crippen LogP contribution in [0.3, 0.4) is 0 Å². The van der Waals surface area contributed by atoms with Crippen LogP contribution in [0.25, 0.3) is 0 Å². The Morgan fingerprint density at radius 1 is 1.29 bits per heavy atom. The molecule has 0 saturated heterocycles. The molecule has 1 fully saturated rings. The summed E-state index contributed by atoms with van der Waals surface area (Å²) in [5, 5.41) is 0. The molecule has 0 unspecified atom stereocenters. The van der Waals surface area contributed by atoms with Crippen LogP contribution in [-0.4, -0.2) is 12.1 Å². The van der Waals surface area contributed by atoms with Crippen LogP contribution in [0.5, 0.6) is 0 Å². The molecule has 92 valence electrons. The second-order valence-corrected chi connectivity index (χ2v) is 4.65. The van der Waals surface area contributed by atoms with Crippen molar-refractivity contribution < 1.29 is 13.9 Å². The van der Waals surface area contributed by atoms with Gasteiger partial charge in [-0.15, -0.1) is 0 Å². The van der Waals surface area contributed by atoms with Gasteiger partial charge in [0.05, 0.1) is 5.56 Å². The van der Waals surface area contributed by atoms with Gasteiger partial charge in [0.25, 0.3) is 0 Å². The first kappa shape index (κ1) is 12.1. The van der Waals surface area contributed by atoms with E-state index in [0.717, 1.165) is 31.2 Å². The fourth-order valence-electron chi connectivity index (χ4n) is 2.18. The van der Waals surface area contributed by atoms with Gasteiger partial charge in [0.1, 0.15) is 11.9 Å². The zero-order chi connectivity index (χ0) is 12.3. The number of halogens is 1. The van der Waals surface area contributed by atoms with Crippen molar-refractivity contribution in [2.24, 2.45) is 0 Å². The molecule has 1 aromatic carbocycles. The van der Waals surface area contributed by atoms with Gasteiger partial charge in [-0.2, -0.15) is 0 Å². The molecule has 0 aliphatic heterocycles. The maximum atomic E-state index is 13.6. The number of aryl methyl sites for hydroxylation is 1. The predicted molar refractivity (Wildman–Crippen MR) is 63.4 cm³/mol. The number of hydrogen-bond acceptors (Lipinski definition) is 2. The van der Waals surface area contributed by atoms with Crippen LogP contribution in [-0.2, 0) is 4.74 Å². The van der Waals surface area contributed by atoms with Gasteiger partial charge in [0, 0.05) is 0 Å². The van der Waals surface area contributed by atoms with Crippen molar-refractivity contribution in [2.45, 2.75) is 45.1 Å². The van der Waals surface area contributed by atoms with Gasteiger partial charge in [-0.1, -0.05) is 12.5 Å². The first-order valence-electron chi connectivity index (χ1n) is 6.14. The van der Waals surface area contributed by atoms with Crippen LogP contribution in [0.15, 0.2) is 18.2 Å². The van der Waals surface area contributed by atoms with E-state index in [9.17, 15) is 9.18 Å². The summed E-state index contributed by atoms with van der Waals surface area (Å²) in [6, 6.07) is 4.58. The highest BCUT2D eigenvalue weighted by Gasteiger charge is 2.20. The number of ether oxygens (including phenoxy) is 1. The average molecular weight is 236 g/mol. The van der Waals surface area contributed by atoms with E-state index in [1.165, 1.54) is 18.6 Å². The summed E-state index contributed by atoms with van der Waals surface area (Å²) in [5.41, 5.74) is 0.845. The lowest BCUT2D eigenvalue weighted by atomic mass is 9.98. The molecule has 0 spiro atoms. The Morgan fingerprint density at radius 2 is 2.00 bits per heavy atom. The Bertz CT molecular complexity index is 409. The Hall–Kier alpha value is -1.38. The van der Waals surface area contributed by atoms with E-state index in [-0.39, 0.29) is 11.7 Å². The molecule has 2 rings (SSSR count). The average Bonchev–Trinajstić information content (AvgIpc) is 2.30. The zero-order valence-electron chi connectivity index (χ0n) is 10.0. The largest absolute Gasteiger partial charge is 0.459 e. The van der Waals surface area contributed by atoms with Gasteiger partial charge in [-0.25, -0.2) is 9.18 Å². The first-order chi connectivity index (χ1) is 8.16. The third-order valence-electron chi connectivity index (χ3n) is 3.17. The second kappa shape index (κ2) is 5.30. The van der Waals surface area contributed by atoms with E-state index < -0.39 is 11.8 Å². The van der Waals surface area contributed by atoms with Gasteiger partial charge in [-0.3, -0.25) is 0 Å².